The first-order chi connectivity index (χ1) is 14.2. The molecule has 1 unspecified atom stereocenters. The SMILES string of the molecule is Cc1ccc(-c2c(C(OC(C)(C)C)C(=O)O)c(C)nc3c4ccccc4nn23)cc1. The molecule has 0 radical (unpaired) electrons. The molecule has 6 heteroatoms. The Morgan fingerprint density at radius 2 is 1.73 bits per heavy atom. The predicted molar refractivity (Wildman–Crippen MR) is 117 cm³/mol. The summed E-state index contributed by atoms with van der Waals surface area (Å²) in [7, 11) is 0. The van der Waals surface area contributed by atoms with E-state index in [4.69, 9.17) is 14.8 Å². The molecule has 0 amide bonds. The van der Waals surface area contributed by atoms with Gasteiger partial charge in [0, 0.05) is 22.2 Å². The van der Waals surface area contributed by atoms with Gasteiger partial charge in [0.05, 0.1) is 16.8 Å². The number of carboxylic acid groups (broad SMARTS) is 1. The van der Waals surface area contributed by atoms with Crippen molar-refractivity contribution in [2.24, 2.45) is 0 Å². The normalized spacial score (nSPS) is 13.1. The van der Waals surface area contributed by atoms with E-state index in [0.29, 0.717) is 22.6 Å². The first-order valence-electron chi connectivity index (χ1n) is 9.91. The lowest BCUT2D eigenvalue weighted by Crippen LogP contribution is -2.29. The number of aliphatic carboxylic acids is 1. The zero-order chi connectivity index (χ0) is 21.6. The van der Waals surface area contributed by atoms with Gasteiger partial charge in [-0.3, -0.25) is 0 Å². The third-order valence-corrected chi connectivity index (χ3v) is 4.97. The van der Waals surface area contributed by atoms with Crippen molar-refractivity contribution in [1.29, 1.82) is 0 Å². The molecule has 0 saturated carbocycles. The van der Waals surface area contributed by atoms with E-state index in [1.54, 1.807) is 4.52 Å². The van der Waals surface area contributed by atoms with Crippen molar-refractivity contribution in [2.45, 2.75) is 46.3 Å². The fraction of sp³-hybridized carbons (Fsp3) is 0.292. The van der Waals surface area contributed by atoms with Gasteiger partial charge in [-0.1, -0.05) is 42.0 Å². The highest BCUT2D eigenvalue weighted by atomic mass is 16.5. The van der Waals surface area contributed by atoms with Crippen LogP contribution in [0.15, 0.2) is 48.5 Å². The van der Waals surface area contributed by atoms with E-state index >= 15 is 0 Å². The highest BCUT2D eigenvalue weighted by Crippen LogP contribution is 2.36. The molecule has 4 aromatic rings. The van der Waals surface area contributed by atoms with Crippen molar-refractivity contribution in [3.63, 3.8) is 0 Å². The first kappa shape index (κ1) is 20.0. The van der Waals surface area contributed by atoms with Crippen molar-refractivity contribution >= 4 is 22.5 Å². The summed E-state index contributed by atoms with van der Waals surface area (Å²) < 4.78 is 7.74. The largest absolute Gasteiger partial charge is 0.479 e. The number of hydrogen-bond acceptors (Lipinski definition) is 4. The molecule has 0 aliphatic rings. The molecular formula is C24H25N3O3. The fourth-order valence-corrected chi connectivity index (χ4v) is 3.68. The molecule has 0 saturated heterocycles. The quantitative estimate of drug-likeness (QED) is 0.512. The maximum Gasteiger partial charge on any atom is 0.337 e. The second-order valence-corrected chi connectivity index (χ2v) is 8.53. The van der Waals surface area contributed by atoms with Crippen LogP contribution in [0.5, 0.6) is 0 Å². The maximum atomic E-state index is 12.3. The Bertz CT molecular complexity index is 1250. The number of nitrogens with zero attached hydrogens (tertiary/aromatic N) is 3. The molecule has 0 fully saturated rings. The van der Waals surface area contributed by atoms with E-state index in [1.165, 1.54) is 0 Å². The lowest BCUT2D eigenvalue weighted by atomic mass is 9.98. The molecule has 6 nitrogen and oxygen atoms in total. The molecule has 0 spiro atoms. The van der Waals surface area contributed by atoms with Gasteiger partial charge in [-0.25, -0.2) is 14.3 Å². The highest BCUT2D eigenvalue weighted by Gasteiger charge is 2.33. The number of carboxylic acids is 1. The summed E-state index contributed by atoms with van der Waals surface area (Å²) >= 11 is 0. The Kier molecular flexibility index (Phi) is 4.82. The third kappa shape index (κ3) is 3.55. The van der Waals surface area contributed by atoms with Gasteiger partial charge in [0.25, 0.3) is 0 Å². The van der Waals surface area contributed by atoms with Crippen LogP contribution >= 0.6 is 0 Å². The van der Waals surface area contributed by atoms with Gasteiger partial charge < -0.3 is 9.84 Å². The Hall–Kier alpha value is -3.25. The van der Waals surface area contributed by atoms with Crippen LogP contribution < -0.4 is 0 Å². The average Bonchev–Trinajstić information content (AvgIpc) is 3.03. The predicted octanol–water partition coefficient (Wildman–Crippen LogP) is 5.11. The molecule has 0 aliphatic heterocycles. The molecule has 2 heterocycles. The smallest absolute Gasteiger partial charge is 0.337 e. The van der Waals surface area contributed by atoms with Crippen molar-refractivity contribution in [3.05, 3.63) is 65.4 Å². The number of carbonyl (C=O) groups is 1. The van der Waals surface area contributed by atoms with Crippen LogP contribution in [0.3, 0.4) is 0 Å². The molecule has 0 bridgehead atoms. The summed E-state index contributed by atoms with van der Waals surface area (Å²) in [5.74, 6) is -1.06. The Morgan fingerprint density at radius 1 is 1.07 bits per heavy atom. The van der Waals surface area contributed by atoms with E-state index in [1.807, 2.05) is 83.1 Å². The number of rotatable bonds is 4. The van der Waals surface area contributed by atoms with E-state index in [0.717, 1.165) is 22.0 Å². The van der Waals surface area contributed by atoms with Gasteiger partial charge in [-0.05, 0) is 46.8 Å². The van der Waals surface area contributed by atoms with E-state index in [2.05, 4.69) is 0 Å². The lowest BCUT2D eigenvalue weighted by Gasteiger charge is -2.27. The highest BCUT2D eigenvalue weighted by molar-refractivity contribution is 5.94. The van der Waals surface area contributed by atoms with Crippen LogP contribution in [0.4, 0.5) is 0 Å². The van der Waals surface area contributed by atoms with Gasteiger partial charge in [0.2, 0.25) is 0 Å². The molecule has 2 aromatic carbocycles. The van der Waals surface area contributed by atoms with Gasteiger partial charge in [0.15, 0.2) is 11.8 Å². The van der Waals surface area contributed by atoms with Crippen molar-refractivity contribution in [3.8, 4) is 11.3 Å². The summed E-state index contributed by atoms with van der Waals surface area (Å²) in [6.07, 6.45) is -1.18. The number of ether oxygens (including phenoxy) is 1. The summed E-state index contributed by atoms with van der Waals surface area (Å²) in [5, 5.41) is 15.7. The van der Waals surface area contributed by atoms with E-state index < -0.39 is 17.7 Å². The molecule has 1 atom stereocenters. The first-order valence-corrected chi connectivity index (χ1v) is 9.91. The second kappa shape index (κ2) is 7.22. The van der Waals surface area contributed by atoms with Crippen molar-refractivity contribution in [1.82, 2.24) is 14.6 Å². The van der Waals surface area contributed by atoms with Crippen molar-refractivity contribution < 1.29 is 14.6 Å². The number of hydrogen-bond donors (Lipinski definition) is 1. The Labute approximate surface area is 175 Å². The number of aromatic nitrogens is 3. The Balaban J connectivity index is 2.12. The minimum absolute atomic E-state index is 0.515. The van der Waals surface area contributed by atoms with Crippen LogP contribution in [-0.4, -0.2) is 31.3 Å². The number of aryl methyl sites for hydroxylation is 2. The lowest BCUT2D eigenvalue weighted by molar-refractivity contribution is -0.160. The molecular weight excluding hydrogens is 378 g/mol. The van der Waals surface area contributed by atoms with E-state index in [9.17, 15) is 9.90 Å². The van der Waals surface area contributed by atoms with Crippen LogP contribution in [-0.2, 0) is 9.53 Å². The Morgan fingerprint density at radius 3 is 2.37 bits per heavy atom. The van der Waals surface area contributed by atoms with Crippen LogP contribution in [0.2, 0.25) is 0 Å². The molecule has 154 valence electrons. The number of fused-ring (bicyclic) bond motifs is 3. The monoisotopic (exact) mass is 403 g/mol. The van der Waals surface area contributed by atoms with Crippen LogP contribution in [0.1, 0.15) is 43.7 Å². The molecule has 1 N–H and O–H groups in total. The maximum absolute atomic E-state index is 12.3. The van der Waals surface area contributed by atoms with Gasteiger partial charge in [0.1, 0.15) is 0 Å². The molecule has 4 rings (SSSR count). The zero-order valence-electron chi connectivity index (χ0n) is 17.8. The van der Waals surface area contributed by atoms with Gasteiger partial charge >= 0.3 is 5.97 Å². The zero-order valence-corrected chi connectivity index (χ0v) is 17.8. The molecule has 0 aliphatic carbocycles. The van der Waals surface area contributed by atoms with Crippen LogP contribution in [0, 0.1) is 13.8 Å². The summed E-state index contributed by atoms with van der Waals surface area (Å²) in [5.41, 5.74) is 4.65. The summed E-state index contributed by atoms with van der Waals surface area (Å²) in [6.45, 7) is 9.38. The molecule has 2 aromatic heterocycles. The second-order valence-electron chi connectivity index (χ2n) is 8.53. The minimum atomic E-state index is -1.18. The van der Waals surface area contributed by atoms with Crippen LogP contribution in [0.25, 0.3) is 27.8 Å². The standard InChI is InChI=1S/C24H25N3O3/c1-14-10-12-16(13-11-14)20-19(21(23(28)29)30-24(3,4)5)15(2)25-22-17-8-6-7-9-18(17)26-27(20)22/h6-13,21H,1-5H3,(H,28,29). The minimum Gasteiger partial charge on any atom is -0.479 e. The van der Waals surface area contributed by atoms with Gasteiger partial charge in [-0.15, -0.1) is 0 Å². The summed E-state index contributed by atoms with van der Waals surface area (Å²) in [4.78, 5) is 17.1. The number of benzene rings is 2. The van der Waals surface area contributed by atoms with E-state index in [-0.39, 0.29) is 0 Å². The average molecular weight is 403 g/mol. The third-order valence-electron chi connectivity index (χ3n) is 4.97. The van der Waals surface area contributed by atoms with Crippen molar-refractivity contribution in [2.75, 3.05) is 0 Å². The fourth-order valence-electron chi connectivity index (χ4n) is 3.68. The topological polar surface area (TPSA) is 76.7 Å². The van der Waals surface area contributed by atoms with Gasteiger partial charge in [-0.2, -0.15) is 5.10 Å². The molecule has 30 heavy (non-hydrogen) atoms. The summed E-state index contributed by atoms with van der Waals surface area (Å²) in [6, 6.07) is 15.8.